The number of H-pyrrole nitrogens is 1. The monoisotopic (exact) mass is 484 g/mol. The molecule has 0 saturated carbocycles. The second kappa shape index (κ2) is 10.2. The summed E-state index contributed by atoms with van der Waals surface area (Å²) in [6.07, 6.45) is 0. The second-order valence-electron chi connectivity index (χ2n) is 7.72. The Bertz CT molecular complexity index is 1370. The summed E-state index contributed by atoms with van der Waals surface area (Å²) in [4.78, 5) is 39.7. The number of nitrogens with zero attached hydrogens (tertiary/aromatic N) is 1. The molecule has 178 valence electrons. The van der Waals surface area contributed by atoms with E-state index in [-0.39, 0.29) is 35.5 Å². The number of hydrogen-bond acceptors (Lipinski definition) is 6. The number of rotatable bonds is 7. The molecule has 0 aliphatic carbocycles. The van der Waals surface area contributed by atoms with Crippen LogP contribution in [0.4, 0.5) is 0 Å². The van der Waals surface area contributed by atoms with Gasteiger partial charge in [0.1, 0.15) is 0 Å². The molecule has 2 amide bonds. The highest BCUT2D eigenvalue weighted by molar-refractivity contribution is 7.89. The van der Waals surface area contributed by atoms with Crippen LogP contribution in [0.1, 0.15) is 15.9 Å². The number of fused-ring (bicyclic) bond motifs is 1. The lowest BCUT2D eigenvalue weighted by Crippen LogP contribution is -2.40. The van der Waals surface area contributed by atoms with E-state index in [1.54, 1.807) is 0 Å². The van der Waals surface area contributed by atoms with Gasteiger partial charge in [0, 0.05) is 36.6 Å². The molecule has 34 heavy (non-hydrogen) atoms. The van der Waals surface area contributed by atoms with Gasteiger partial charge in [-0.3, -0.25) is 14.4 Å². The molecule has 3 N–H and O–H groups in total. The summed E-state index contributed by atoms with van der Waals surface area (Å²) in [6.45, 7) is 1.09. The fraction of sp³-hybridized carbons (Fsp3) is 0.261. The van der Waals surface area contributed by atoms with Crippen molar-refractivity contribution in [1.29, 1.82) is 0 Å². The molecule has 1 aromatic heterocycles. The summed E-state index contributed by atoms with van der Waals surface area (Å²) in [5, 5.41) is 5.46. The molecular weight excluding hydrogens is 460 g/mol. The van der Waals surface area contributed by atoms with Gasteiger partial charge in [-0.1, -0.05) is 30.3 Å². The number of benzene rings is 2. The molecule has 10 nitrogen and oxygen atoms in total. The molecule has 1 aliphatic rings. The molecule has 2 aromatic carbocycles. The smallest absolute Gasteiger partial charge is 0.252 e. The topological polar surface area (TPSA) is 138 Å². The zero-order valence-corrected chi connectivity index (χ0v) is 19.1. The number of ether oxygens (including phenoxy) is 1. The van der Waals surface area contributed by atoms with E-state index in [4.69, 9.17) is 4.74 Å². The number of aromatic nitrogens is 1. The van der Waals surface area contributed by atoms with Gasteiger partial charge in [0.2, 0.25) is 21.5 Å². The van der Waals surface area contributed by atoms with Crippen molar-refractivity contribution in [3.05, 3.63) is 76.1 Å². The highest BCUT2D eigenvalue weighted by atomic mass is 32.2. The maximum atomic E-state index is 13.0. The van der Waals surface area contributed by atoms with Crippen LogP contribution in [0.5, 0.6) is 0 Å². The zero-order valence-electron chi connectivity index (χ0n) is 18.2. The Labute approximate surface area is 196 Å². The van der Waals surface area contributed by atoms with Crippen molar-refractivity contribution < 1.29 is 22.7 Å². The number of carbonyl (C=O) groups excluding carboxylic acids is 2. The van der Waals surface area contributed by atoms with Crippen molar-refractivity contribution in [2.45, 2.75) is 11.4 Å². The van der Waals surface area contributed by atoms with Gasteiger partial charge in [-0.2, -0.15) is 4.31 Å². The van der Waals surface area contributed by atoms with Gasteiger partial charge in [0.25, 0.3) is 5.91 Å². The molecule has 1 aliphatic heterocycles. The number of amides is 2. The lowest BCUT2D eigenvalue weighted by molar-refractivity contribution is -0.120. The number of carbonyl (C=O) groups is 2. The maximum Gasteiger partial charge on any atom is 0.252 e. The minimum Gasteiger partial charge on any atom is -0.379 e. The van der Waals surface area contributed by atoms with Gasteiger partial charge < -0.3 is 20.4 Å². The van der Waals surface area contributed by atoms with Crippen LogP contribution in [0.25, 0.3) is 10.9 Å². The third kappa shape index (κ3) is 5.33. The van der Waals surface area contributed by atoms with E-state index in [0.29, 0.717) is 25.3 Å². The Kier molecular flexibility index (Phi) is 7.06. The van der Waals surface area contributed by atoms with Crippen LogP contribution in [-0.2, 0) is 26.1 Å². The van der Waals surface area contributed by atoms with Crippen molar-refractivity contribution in [2.75, 3.05) is 32.8 Å². The van der Waals surface area contributed by atoms with E-state index in [1.807, 2.05) is 30.3 Å². The molecule has 0 radical (unpaired) electrons. The Hall–Kier alpha value is -3.54. The largest absolute Gasteiger partial charge is 0.379 e. The first-order valence-corrected chi connectivity index (χ1v) is 12.1. The molecule has 4 rings (SSSR count). The molecule has 1 saturated heterocycles. The number of pyridine rings is 1. The average molecular weight is 485 g/mol. The molecule has 0 bridgehead atoms. The van der Waals surface area contributed by atoms with Crippen molar-refractivity contribution in [3.8, 4) is 0 Å². The number of morpholine rings is 1. The summed E-state index contributed by atoms with van der Waals surface area (Å²) in [7, 11) is -3.80. The van der Waals surface area contributed by atoms with E-state index >= 15 is 0 Å². The molecule has 0 atom stereocenters. The fourth-order valence-electron chi connectivity index (χ4n) is 3.63. The van der Waals surface area contributed by atoms with Gasteiger partial charge in [-0.15, -0.1) is 0 Å². The van der Waals surface area contributed by atoms with Crippen LogP contribution in [-0.4, -0.2) is 62.4 Å². The third-order valence-corrected chi connectivity index (χ3v) is 7.30. The second-order valence-corrected chi connectivity index (χ2v) is 9.65. The minimum absolute atomic E-state index is 0.00334. The van der Waals surface area contributed by atoms with E-state index in [0.717, 1.165) is 11.6 Å². The zero-order chi connectivity index (χ0) is 24.1. The van der Waals surface area contributed by atoms with Crippen LogP contribution in [0.2, 0.25) is 0 Å². The number of nitrogens with one attached hydrogen (secondary N) is 3. The maximum absolute atomic E-state index is 13.0. The SMILES string of the molecule is O=C(CNC(=O)c1cc(=O)[nH]c2ccc(S(=O)(=O)N3CCOCC3)cc12)NCc1ccccc1. The van der Waals surface area contributed by atoms with Crippen LogP contribution in [0, 0.1) is 0 Å². The van der Waals surface area contributed by atoms with E-state index in [9.17, 15) is 22.8 Å². The summed E-state index contributed by atoms with van der Waals surface area (Å²) in [6, 6.07) is 14.6. The predicted octanol–water partition coefficient (Wildman–Crippen LogP) is 0.595. The molecule has 2 heterocycles. The van der Waals surface area contributed by atoms with Crippen LogP contribution >= 0.6 is 0 Å². The molecule has 0 unspecified atom stereocenters. The molecule has 0 spiro atoms. The number of sulfonamides is 1. The Morgan fingerprint density at radius 3 is 2.47 bits per heavy atom. The van der Waals surface area contributed by atoms with E-state index < -0.39 is 27.4 Å². The normalized spacial score (nSPS) is 14.6. The highest BCUT2D eigenvalue weighted by Gasteiger charge is 2.27. The van der Waals surface area contributed by atoms with E-state index in [2.05, 4.69) is 15.6 Å². The number of aromatic amines is 1. The summed E-state index contributed by atoms with van der Waals surface area (Å²) in [5.41, 5.74) is 0.687. The van der Waals surface area contributed by atoms with Crippen molar-refractivity contribution in [1.82, 2.24) is 19.9 Å². The summed E-state index contributed by atoms with van der Waals surface area (Å²) < 4.78 is 32.6. The first-order chi connectivity index (χ1) is 16.3. The summed E-state index contributed by atoms with van der Waals surface area (Å²) in [5.74, 6) is -1.06. The third-order valence-electron chi connectivity index (χ3n) is 5.41. The molecular formula is C23H24N4O6S. The van der Waals surface area contributed by atoms with Crippen molar-refractivity contribution >= 4 is 32.7 Å². The highest BCUT2D eigenvalue weighted by Crippen LogP contribution is 2.23. The number of hydrogen-bond donors (Lipinski definition) is 3. The average Bonchev–Trinajstić information content (AvgIpc) is 2.86. The van der Waals surface area contributed by atoms with Crippen molar-refractivity contribution in [3.63, 3.8) is 0 Å². The van der Waals surface area contributed by atoms with Crippen LogP contribution < -0.4 is 16.2 Å². The fourth-order valence-corrected chi connectivity index (χ4v) is 5.07. The van der Waals surface area contributed by atoms with Gasteiger partial charge in [0.05, 0.1) is 30.2 Å². The minimum atomic E-state index is -3.80. The first kappa shape index (κ1) is 23.6. The Balaban J connectivity index is 1.52. The quantitative estimate of drug-likeness (QED) is 0.449. The molecule has 1 fully saturated rings. The Morgan fingerprint density at radius 2 is 1.74 bits per heavy atom. The lowest BCUT2D eigenvalue weighted by Gasteiger charge is -2.26. The standard InChI is InChI=1S/C23H24N4O6S/c28-21-13-19(23(30)25-15-22(29)24-14-16-4-2-1-3-5-16)18-12-17(6-7-20(18)26-21)34(31,32)27-8-10-33-11-9-27/h1-7,12-13H,8-11,14-15H2,(H,24,29)(H,25,30)(H,26,28). The van der Waals surface area contributed by atoms with Crippen LogP contribution in [0.3, 0.4) is 0 Å². The Morgan fingerprint density at radius 1 is 1.00 bits per heavy atom. The van der Waals surface area contributed by atoms with Gasteiger partial charge in [-0.25, -0.2) is 8.42 Å². The lowest BCUT2D eigenvalue weighted by atomic mass is 10.1. The first-order valence-electron chi connectivity index (χ1n) is 10.7. The van der Waals surface area contributed by atoms with Crippen molar-refractivity contribution in [2.24, 2.45) is 0 Å². The van der Waals surface area contributed by atoms with E-state index in [1.165, 1.54) is 22.5 Å². The van der Waals surface area contributed by atoms with Gasteiger partial charge in [-0.05, 0) is 23.8 Å². The van der Waals surface area contributed by atoms with Gasteiger partial charge in [0.15, 0.2) is 0 Å². The molecule has 3 aromatic rings. The van der Waals surface area contributed by atoms with Crippen LogP contribution in [0.15, 0.2) is 64.3 Å². The molecule has 11 heteroatoms. The summed E-state index contributed by atoms with van der Waals surface area (Å²) >= 11 is 0. The van der Waals surface area contributed by atoms with Gasteiger partial charge >= 0.3 is 0 Å². The predicted molar refractivity (Wildman–Crippen MR) is 125 cm³/mol.